The molecule has 2 aliphatic rings. The average molecular weight is 452 g/mol. The van der Waals surface area contributed by atoms with Gasteiger partial charge in [0.15, 0.2) is 0 Å². The third-order valence-electron chi connectivity index (χ3n) is 5.95. The maximum absolute atomic E-state index is 14.0. The molecule has 1 N–H and O–H groups in total. The summed E-state index contributed by atoms with van der Waals surface area (Å²) in [5.41, 5.74) is 2.33. The summed E-state index contributed by atoms with van der Waals surface area (Å²) in [6.45, 7) is 2.86. The monoisotopic (exact) mass is 452 g/mol. The Balaban J connectivity index is 1.57. The van der Waals surface area contributed by atoms with Crippen molar-refractivity contribution in [2.75, 3.05) is 13.2 Å². The smallest absolute Gasteiger partial charge is 0.322 e. The molecule has 3 heterocycles. The van der Waals surface area contributed by atoms with Crippen LogP contribution in [0.2, 0.25) is 0 Å². The van der Waals surface area contributed by atoms with Crippen molar-refractivity contribution in [3.8, 4) is 11.4 Å². The number of urea groups is 1. The molecular formula is C24H22F2N4O3. The first-order valence-electron chi connectivity index (χ1n) is 10.8. The largest absolute Gasteiger partial charge is 0.376 e. The number of hydrogen-bond acceptors (Lipinski definition) is 5. The van der Waals surface area contributed by atoms with E-state index in [0.717, 1.165) is 12.8 Å². The predicted octanol–water partition coefficient (Wildman–Crippen LogP) is 4.69. The van der Waals surface area contributed by atoms with Crippen LogP contribution in [0.4, 0.5) is 13.6 Å². The molecule has 9 heteroatoms. The van der Waals surface area contributed by atoms with Gasteiger partial charge in [0.2, 0.25) is 5.82 Å². The molecule has 2 aromatic carbocycles. The minimum atomic E-state index is -0.685. The lowest BCUT2D eigenvalue weighted by Crippen LogP contribution is -2.48. The summed E-state index contributed by atoms with van der Waals surface area (Å²) in [6.07, 6.45) is 1.76. The highest BCUT2D eigenvalue weighted by Crippen LogP contribution is 2.38. The van der Waals surface area contributed by atoms with Crippen LogP contribution in [-0.2, 0) is 4.74 Å². The van der Waals surface area contributed by atoms with Gasteiger partial charge in [-0.05, 0) is 61.7 Å². The van der Waals surface area contributed by atoms with Gasteiger partial charge in [0.25, 0.3) is 5.89 Å². The summed E-state index contributed by atoms with van der Waals surface area (Å²) in [6, 6.07) is 10.8. The van der Waals surface area contributed by atoms with Gasteiger partial charge in [-0.25, -0.2) is 13.6 Å². The number of hydrogen-bond donors (Lipinski definition) is 1. The Morgan fingerprint density at radius 3 is 2.70 bits per heavy atom. The van der Waals surface area contributed by atoms with E-state index in [1.165, 1.54) is 24.3 Å². The molecule has 0 saturated carbocycles. The first-order chi connectivity index (χ1) is 16.0. The Morgan fingerprint density at radius 2 is 1.97 bits per heavy atom. The number of ether oxygens (including phenoxy) is 1. The predicted molar refractivity (Wildman–Crippen MR) is 116 cm³/mol. The molecule has 33 heavy (non-hydrogen) atoms. The Hall–Kier alpha value is -3.59. The molecule has 2 unspecified atom stereocenters. The van der Waals surface area contributed by atoms with Crippen molar-refractivity contribution in [1.82, 2.24) is 20.4 Å². The van der Waals surface area contributed by atoms with Gasteiger partial charge in [-0.15, -0.1) is 0 Å². The fourth-order valence-electron chi connectivity index (χ4n) is 4.26. The van der Waals surface area contributed by atoms with Crippen molar-refractivity contribution in [2.24, 2.45) is 0 Å². The Morgan fingerprint density at radius 1 is 1.15 bits per heavy atom. The van der Waals surface area contributed by atoms with E-state index in [4.69, 9.17) is 9.26 Å². The number of aromatic nitrogens is 2. The topological polar surface area (TPSA) is 80.5 Å². The van der Waals surface area contributed by atoms with Crippen LogP contribution >= 0.6 is 0 Å². The van der Waals surface area contributed by atoms with Crippen molar-refractivity contribution in [3.63, 3.8) is 0 Å². The fourth-order valence-corrected chi connectivity index (χ4v) is 4.26. The molecule has 1 aromatic heterocycles. The summed E-state index contributed by atoms with van der Waals surface area (Å²) >= 11 is 0. The third-order valence-corrected chi connectivity index (χ3v) is 5.95. The molecule has 7 nitrogen and oxygen atoms in total. The van der Waals surface area contributed by atoms with Crippen LogP contribution in [0.5, 0.6) is 0 Å². The number of benzene rings is 2. The number of carbonyl (C=O) groups is 1. The molecule has 3 aromatic rings. The lowest BCUT2D eigenvalue weighted by Gasteiger charge is -2.36. The van der Waals surface area contributed by atoms with E-state index in [0.29, 0.717) is 35.5 Å². The molecule has 0 bridgehead atoms. The lowest BCUT2D eigenvalue weighted by atomic mass is 9.94. The van der Waals surface area contributed by atoms with Crippen molar-refractivity contribution < 1.29 is 22.8 Å². The van der Waals surface area contributed by atoms with Crippen molar-refractivity contribution >= 4 is 11.6 Å². The number of nitrogens with one attached hydrogen (secondary N) is 1. The molecule has 0 aliphatic carbocycles. The second-order valence-corrected chi connectivity index (χ2v) is 8.11. The summed E-state index contributed by atoms with van der Waals surface area (Å²) < 4.78 is 38.6. The molecule has 1 fully saturated rings. The van der Waals surface area contributed by atoms with Crippen LogP contribution in [0.15, 0.2) is 58.8 Å². The van der Waals surface area contributed by atoms with E-state index < -0.39 is 11.9 Å². The Kier molecular flexibility index (Phi) is 5.63. The van der Waals surface area contributed by atoms with Crippen LogP contribution in [0.3, 0.4) is 0 Å². The standard InChI is InChI=1S/C24H22F2N4O3/c1-14-20(23-28-22(29-33-23)15-7-9-17(25)10-8-15)21(16-4-2-5-18(26)12-16)27-24(31)30(14)13-19-6-3-11-32-19/h2,4-5,7-10,12,19,21H,3,6,11,13H2,1H3,(H,27,31). The van der Waals surface area contributed by atoms with E-state index in [-0.39, 0.29) is 29.7 Å². The van der Waals surface area contributed by atoms with E-state index >= 15 is 0 Å². The number of amides is 2. The molecule has 2 aliphatic heterocycles. The van der Waals surface area contributed by atoms with Crippen LogP contribution in [-0.4, -0.2) is 40.3 Å². The second-order valence-electron chi connectivity index (χ2n) is 8.11. The number of allylic oxidation sites excluding steroid dienone is 1. The zero-order valence-electron chi connectivity index (χ0n) is 17.9. The van der Waals surface area contributed by atoms with Crippen LogP contribution < -0.4 is 5.32 Å². The minimum Gasteiger partial charge on any atom is -0.376 e. The van der Waals surface area contributed by atoms with Gasteiger partial charge in [-0.2, -0.15) is 4.98 Å². The minimum absolute atomic E-state index is 0.0601. The quantitative estimate of drug-likeness (QED) is 0.608. The van der Waals surface area contributed by atoms with Gasteiger partial charge in [0.05, 0.1) is 24.3 Å². The van der Waals surface area contributed by atoms with Crippen molar-refractivity contribution in [3.05, 3.63) is 77.3 Å². The highest BCUT2D eigenvalue weighted by atomic mass is 19.1. The molecule has 2 amide bonds. The van der Waals surface area contributed by atoms with E-state index in [2.05, 4.69) is 15.5 Å². The average Bonchev–Trinajstić information content (AvgIpc) is 3.49. The summed E-state index contributed by atoms with van der Waals surface area (Å²) in [5, 5.41) is 6.99. The van der Waals surface area contributed by atoms with Gasteiger partial charge in [0, 0.05) is 17.9 Å². The van der Waals surface area contributed by atoms with E-state index in [1.54, 1.807) is 36.1 Å². The van der Waals surface area contributed by atoms with Gasteiger partial charge >= 0.3 is 6.03 Å². The van der Waals surface area contributed by atoms with Crippen LogP contribution in [0, 0.1) is 11.6 Å². The summed E-state index contributed by atoms with van der Waals surface area (Å²) in [5.74, 6) is -0.311. The molecular weight excluding hydrogens is 430 g/mol. The number of rotatable bonds is 5. The zero-order valence-corrected chi connectivity index (χ0v) is 17.9. The molecule has 0 radical (unpaired) electrons. The first kappa shape index (κ1) is 21.3. The van der Waals surface area contributed by atoms with Crippen molar-refractivity contribution in [2.45, 2.75) is 31.9 Å². The van der Waals surface area contributed by atoms with Gasteiger partial charge in [-0.1, -0.05) is 17.3 Å². The van der Waals surface area contributed by atoms with Gasteiger partial charge < -0.3 is 14.6 Å². The fraction of sp³-hybridized carbons (Fsp3) is 0.292. The van der Waals surface area contributed by atoms with Crippen molar-refractivity contribution in [1.29, 1.82) is 0 Å². The SMILES string of the molecule is CC1=C(c2nc(-c3ccc(F)cc3)no2)C(c2cccc(F)c2)NC(=O)N1CC1CCCO1. The number of halogens is 2. The summed E-state index contributed by atoms with van der Waals surface area (Å²) in [4.78, 5) is 19.1. The highest BCUT2D eigenvalue weighted by molar-refractivity contribution is 5.87. The Bertz CT molecular complexity index is 1200. The molecule has 1 saturated heterocycles. The normalized spacial score (nSPS) is 20.9. The maximum Gasteiger partial charge on any atom is 0.322 e. The molecule has 2 atom stereocenters. The van der Waals surface area contributed by atoms with E-state index in [1.807, 2.05) is 0 Å². The number of carbonyl (C=O) groups excluding carboxylic acids is 1. The van der Waals surface area contributed by atoms with Crippen LogP contribution in [0.25, 0.3) is 17.0 Å². The summed E-state index contributed by atoms with van der Waals surface area (Å²) in [7, 11) is 0. The molecule has 5 rings (SSSR count). The second kappa shape index (κ2) is 8.74. The maximum atomic E-state index is 14.0. The zero-order chi connectivity index (χ0) is 22.9. The molecule has 170 valence electrons. The number of nitrogens with zero attached hydrogens (tertiary/aromatic N) is 3. The first-order valence-corrected chi connectivity index (χ1v) is 10.8. The Labute approximate surface area is 189 Å². The highest BCUT2D eigenvalue weighted by Gasteiger charge is 2.37. The lowest BCUT2D eigenvalue weighted by molar-refractivity contribution is 0.0877. The third kappa shape index (κ3) is 4.23. The van der Waals surface area contributed by atoms with Gasteiger partial charge in [-0.3, -0.25) is 4.90 Å². The molecule has 0 spiro atoms. The van der Waals surface area contributed by atoms with Crippen LogP contribution in [0.1, 0.15) is 37.3 Å². The van der Waals surface area contributed by atoms with E-state index in [9.17, 15) is 13.6 Å². The van der Waals surface area contributed by atoms with Gasteiger partial charge in [0.1, 0.15) is 11.6 Å².